The van der Waals surface area contributed by atoms with Crippen molar-refractivity contribution in [2.24, 2.45) is 0 Å². The van der Waals surface area contributed by atoms with Gasteiger partial charge in [-0.2, -0.15) is 4.98 Å². The Morgan fingerprint density at radius 3 is 2.70 bits per heavy atom. The van der Waals surface area contributed by atoms with Gasteiger partial charge >= 0.3 is 0 Å². The van der Waals surface area contributed by atoms with Crippen molar-refractivity contribution < 1.29 is 4.79 Å². The van der Waals surface area contributed by atoms with E-state index < -0.39 is 0 Å². The van der Waals surface area contributed by atoms with Crippen LogP contribution in [-0.4, -0.2) is 27.0 Å². The van der Waals surface area contributed by atoms with E-state index in [1.54, 1.807) is 24.3 Å². The molecule has 2 aromatic heterocycles. The summed E-state index contributed by atoms with van der Waals surface area (Å²) in [6.07, 6.45) is 0.649. The molecule has 0 saturated carbocycles. The summed E-state index contributed by atoms with van der Waals surface area (Å²) >= 11 is 13.4. The first-order chi connectivity index (χ1) is 13.1. The predicted octanol–water partition coefficient (Wildman–Crippen LogP) is 4.74. The standard InChI is InChI=1S/C19H14Cl2N4OS/c20-14-6-4-12(5-7-14)17-23-19-25(24-17)16(11-27-19)8-9-22-18(26)13-2-1-3-15(21)10-13/h1-7,10-11H,8-9H2,(H,22,26). The average molecular weight is 417 g/mol. The van der Waals surface area contributed by atoms with E-state index >= 15 is 0 Å². The highest BCUT2D eigenvalue weighted by Crippen LogP contribution is 2.22. The van der Waals surface area contributed by atoms with Crippen LogP contribution in [-0.2, 0) is 6.42 Å². The first-order valence-electron chi connectivity index (χ1n) is 8.23. The van der Waals surface area contributed by atoms with E-state index in [1.165, 1.54) is 11.3 Å². The third kappa shape index (κ3) is 3.98. The van der Waals surface area contributed by atoms with Crippen LogP contribution in [0.4, 0.5) is 0 Å². The zero-order valence-corrected chi connectivity index (χ0v) is 16.4. The van der Waals surface area contributed by atoms with Gasteiger partial charge in [0.15, 0.2) is 5.82 Å². The normalized spacial score (nSPS) is 11.0. The lowest BCUT2D eigenvalue weighted by atomic mass is 10.2. The molecule has 0 aliphatic rings. The van der Waals surface area contributed by atoms with Crippen LogP contribution in [0.5, 0.6) is 0 Å². The lowest BCUT2D eigenvalue weighted by molar-refractivity contribution is 0.0954. The largest absolute Gasteiger partial charge is 0.352 e. The van der Waals surface area contributed by atoms with Gasteiger partial charge in [-0.15, -0.1) is 16.4 Å². The molecule has 4 aromatic rings. The number of nitrogens with zero attached hydrogens (tertiary/aromatic N) is 3. The number of hydrogen-bond acceptors (Lipinski definition) is 4. The summed E-state index contributed by atoms with van der Waals surface area (Å²) in [5.74, 6) is 0.507. The van der Waals surface area contributed by atoms with E-state index in [0.717, 1.165) is 16.2 Å². The number of nitrogens with one attached hydrogen (secondary N) is 1. The molecule has 1 amide bonds. The van der Waals surface area contributed by atoms with Crippen LogP contribution >= 0.6 is 34.5 Å². The van der Waals surface area contributed by atoms with Gasteiger partial charge in [0, 0.05) is 39.5 Å². The number of rotatable bonds is 5. The Morgan fingerprint density at radius 2 is 1.93 bits per heavy atom. The Hall–Kier alpha value is -2.41. The van der Waals surface area contributed by atoms with Gasteiger partial charge in [-0.25, -0.2) is 4.52 Å². The fourth-order valence-electron chi connectivity index (χ4n) is 2.65. The molecule has 0 saturated heterocycles. The molecule has 0 aliphatic carbocycles. The number of amides is 1. The Kier molecular flexibility index (Phi) is 5.11. The second-order valence-electron chi connectivity index (χ2n) is 5.88. The van der Waals surface area contributed by atoms with Crippen molar-refractivity contribution in [2.75, 3.05) is 6.54 Å². The molecule has 27 heavy (non-hydrogen) atoms. The monoisotopic (exact) mass is 416 g/mol. The Balaban J connectivity index is 1.45. The van der Waals surface area contributed by atoms with Crippen LogP contribution in [0.15, 0.2) is 53.9 Å². The first-order valence-corrected chi connectivity index (χ1v) is 9.86. The number of hydrogen-bond donors (Lipinski definition) is 1. The molecule has 0 aliphatic heterocycles. The summed E-state index contributed by atoms with van der Waals surface area (Å²) in [4.78, 5) is 17.6. The van der Waals surface area contributed by atoms with E-state index in [9.17, 15) is 4.79 Å². The van der Waals surface area contributed by atoms with E-state index in [0.29, 0.717) is 34.4 Å². The van der Waals surface area contributed by atoms with Crippen molar-refractivity contribution in [3.05, 3.63) is 75.2 Å². The van der Waals surface area contributed by atoms with Gasteiger partial charge in [0.1, 0.15) is 0 Å². The molecule has 8 heteroatoms. The smallest absolute Gasteiger partial charge is 0.251 e. The molecule has 0 fully saturated rings. The number of benzene rings is 2. The van der Waals surface area contributed by atoms with Gasteiger partial charge in [-0.1, -0.05) is 29.3 Å². The van der Waals surface area contributed by atoms with Gasteiger partial charge < -0.3 is 5.32 Å². The topological polar surface area (TPSA) is 59.3 Å². The number of carbonyl (C=O) groups excluding carboxylic acids is 1. The minimum atomic E-state index is -0.149. The molecule has 136 valence electrons. The second-order valence-corrected chi connectivity index (χ2v) is 7.59. The van der Waals surface area contributed by atoms with Crippen LogP contribution in [0.2, 0.25) is 10.0 Å². The summed E-state index contributed by atoms with van der Waals surface area (Å²) in [6.45, 7) is 0.493. The average Bonchev–Trinajstić information content (AvgIpc) is 3.24. The molecule has 0 radical (unpaired) electrons. The third-order valence-electron chi connectivity index (χ3n) is 4.01. The molecule has 5 nitrogen and oxygen atoms in total. The number of thiazole rings is 1. The summed E-state index contributed by atoms with van der Waals surface area (Å²) in [5, 5.41) is 10.7. The Bertz CT molecular complexity index is 1100. The number of aromatic nitrogens is 3. The summed E-state index contributed by atoms with van der Waals surface area (Å²) in [5.41, 5.74) is 2.45. The van der Waals surface area contributed by atoms with Crippen molar-refractivity contribution in [1.82, 2.24) is 19.9 Å². The lowest BCUT2D eigenvalue weighted by Gasteiger charge is -2.05. The van der Waals surface area contributed by atoms with Crippen LogP contribution in [0.1, 0.15) is 16.1 Å². The summed E-state index contributed by atoms with van der Waals surface area (Å²) in [7, 11) is 0. The van der Waals surface area contributed by atoms with Crippen molar-refractivity contribution in [1.29, 1.82) is 0 Å². The molecule has 4 rings (SSSR count). The van der Waals surface area contributed by atoms with Gasteiger partial charge in [-0.3, -0.25) is 4.79 Å². The number of halogens is 2. The maximum atomic E-state index is 12.2. The molecular formula is C19H14Cl2N4OS. The van der Waals surface area contributed by atoms with Crippen molar-refractivity contribution in [3.8, 4) is 11.4 Å². The van der Waals surface area contributed by atoms with Crippen LogP contribution in [0.25, 0.3) is 16.3 Å². The van der Waals surface area contributed by atoms with E-state index in [-0.39, 0.29) is 5.91 Å². The highest BCUT2D eigenvalue weighted by Gasteiger charge is 2.12. The predicted molar refractivity (Wildman–Crippen MR) is 109 cm³/mol. The van der Waals surface area contributed by atoms with Gasteiger partial charge in [0.25, 0.3) is 5.91 Å². The SMILES string of the molecule is O=C(NCCc1csc2nc(-c3ccc(Cl)cc3)nn12)c1cccc(Cl)c1. The van der Waals surface area contributed by atoms with E-state index in [1.807, 2.05) is 34.2 Å². The van der Waals surface area contributed by atoms with Crippen LogP contribution < -0.4 is 5.32 Å². The molecule has 0 bridgehead atoms. The summed E-state index contributed by atoms with van der Waals surface area (Å²) < 4.78 is 1.82. The molecular weight excluding hydrogens is 403 g/mol. The molecule has 0 spiro atoms. The van der Waals surface area contributed by atoms with Crippen molar-refractivity contribution >= 4 is 45.4 Å². The highest BCUT2D eigenvalue weighted by atomic mass is 35.5. The maximum absolute atomic E-state index is 12.2. The summed E-state index contributed by atoms with van der Waals surface area (Å²) in [6, 6.07) is 14.3. The van der Waals surface area contributed by atoms with Crippen molar-refractivity contribution in [3.63, 3.8) is 0 Å². The van der Waals surface area contributed by atoms with Gasteiger partial charge in [0.2, 0.25) is 4.96 Å². The quantitative estimate of drug-likeness (QED) is 0.511. The Morgan fingerprint density at radius 1 is 1.11 bits per heavy atom. The lowest BCUT2D eigenvalue weighted by Crippen LogP contribution is -2.26. The highest BCUT2D eigenvalue weighted by molar-refractivity contribution is 7.15. The number of fused-ring (bicyclic) bond motifs is 1. The van der Waals surface area contributed by atoms with Crippen molar-refractivity contribution in [2.45, 2.75) is 6.42 Å². The van der Waals surface area contributed by atoms with Gasteiger partial charge in [-0.05, 0) is 42.5 Å². The maximum Gasteiger partial charge on any atom is 0.251 e. The molecule has 0 atom stereocenters. The molecule has 2 aromatic carbocycles. The fourth-order valence-corrected chi connectivity index (χ4v) is 3.83. The van der Waals surface area contributed by atoms with Crippen LogP contribution in [0, 0.1) is 0 Å². The minimum absolute atomic E-state index is 0.149. The van der Waals surface area contributed by atoms with Gasteiger partial charge in [0.05, 0.1) is 5.69 Å². The first kappa shape index (κ1) is 18.0. The molecule has 1 N–H and O–H groups in total. The zero-order valence-electron chi connectivity index (χ0n) is 14.0. The molecule has 0 unspecified atom stereocenters. The fraction of sp³-hybridized carbons (Fsp3) is 0.105. The minimum Gasteiger partial charge on any atom is -0.352 e. The van der Waals surface area contributed by atoms with E-state index in [4.69, 9.17) is 23.2 Å². The zero-order chi connectivity index (χ0) is 18.8. The molecule has 2 heterocycles. The van der Waals surface area contributed by atoms with E-state index in [2.05, 4.69) is 15.4 Å². The van der Waals surface area contributed by atoms with Crippen LogP contribution in [0.3, 0.4) is 0 Å². The number of carbonyl (C=O) groups is 1. The second kappa shape index (κ2) is 7.68. The third-order valence-corrected chi connectivity index (χ3v) is 5.36. The Labute approximate surface area is 169 Å².